The van der Waals surface area contributed by atoms with E-state index in [9.17, 15) is 9.59 Å². The predicted molar refractivity (Wildman–Crippen MR) is 141 cm³/mol. The van der Waals surface area contributed by atoms with Crippen molar-refractivity contribution < 1.29 is 23.4 Å². The molecule has 1 amide bonds. The van der Waals surface area contributed by atoms with Crippen LogP contribution in [0, 0.1) is 13.8 Å². The van der Waals surface area contributed by atoms with Crippen molar-refractivity contribution in [1.82, 2.24) is 9.80 Å². The third-order valence-corrected chi connectivity index (χ3v) is 7.36. The Kier molecular flexibility index (Phi) is 7.22. The highest BCUT2D eigenvalue weighted by atomic mass is 16.5. The van der Waals surface area contributed by atoms with Gasteiger partial charge < -0.3 is 23.5 Å². The van der Waals surface area contributed by atoms with Crippen LogP contribution >= 0.6 is 0 Å². The van der Waals surface area contributed by atoms with Crippen LogP contribution in [0.5, 0.6) is 11.5 Å². The lowest BCUT2D eigenvalue weighted by molar-refractivity contribution is 0.0353. The van der Waals surface area contributed by atoms with Gasteiger partial charge in [0.2, 0.25) is 5.76 Å². The Morgan fingerprint density at radius 3 is 2.49 bits per heavy atom. The SMILES string of the molecule is CCOc1ccc(C2c3c(oc4cc(C)c(C)cc4c3=O)C(=O)N2CCCN2CCOCC2)cc1OC. The number of nitrogens with zero attached hydrogens (tertiary/aromatic N) is 2. The molecule has 0 saturated carbocycles. The van der Waals surface area contributed by atoms with Crippen molar-refractivity contribution in [1.29, 1.82) is 0 Å². The van der Waals surface area contributed by atoms with Crippen molar-refractivity contribution in [3.63, 3.8) is 0 Å². The molecule has 5 rings (SSSR count). The fourth-order valence-corrected chi connectivity index (χ4v) is 5.27. The summed E-state index contributed by atoms with van der Waals surface area (Å²) in [6.07, 6.45) is 0.774. The third-order valence-electron chi connectivity index (χ3n) is 7.36. The van der Waals surface area contributed by atoms with Gasteiger partial charge in [-0.3, -0.25) is 14.5 Å². The van der Waals surface area contributed by atoms with E-state index < -0.39 is 6.04 Å². The van der Waals surface area contributed by atoms with E-state index in [1.54, 1.807) is 12.0 Å². The van der Waals surface area contributed by atoms with Crippen LogP contribution in [0.1, 0.15) is 52.2 Å². The maximum absolute atomic E-state index is 13.9. The first-order valence-corrected chi connectivity index (χ1v) is 12.9. The lowest BCUT2D eigenvalue weighted by Gasteiger charge is -2.29. The summed E-state index contributed by atoms with van der Waals surface area (Å²) in [5.74, 6) is 1.05. The average molecular weight is 507 g/mol. The van der Waals surface area contributed by atoms with Crippen molar-refractivity contribution in [2.24, 2.45) is 0 Å². The monoisotopic (exact) mass is 506 g/mol. The van der Waals surface area contributed by atoms with E-state index in [4.69, 9.17) is 18.6 Å². The molecule has 2 aliphatic heterocycles. The number of carbonyl (C=O) groups excluding carboxylic acids is 1. The minimum Gasteiger partial charge on any atom is -0.493 e. The minimum absolute atomic E-state index is 0.130. The zero-order valence-electron chi connectivity index (χ0n) is 22.0. The summed E-state index contributed by atoms with van der Waals surface area (Å²) in [6, 6.07) is 8.73. The molecule has 37 heavy (non-hydrogen) atoms. The van der Waals surface area contributed by atoms with Crippen molar-refractivity contribution in [3.8, 4) is 11.5 Å². The van der Waals surface area contributed by atoms with E-state index in [0.717, 1.165) is 56.0 Å². The van der Waals surface area contributed by atoms with Crippen molar-refractivity contribution in [2.45, 2.75) is 33.2 Å². The number of hydrogen-bond acceptors (Lipinski definition) is 7. The third kappa shape index (κ3) is 4.71. The van der Waals surface area contributed by atoms with E-state index in [2.05, 4.69) is 4.90 Å². The fourth-order valence-electron chi connectivity index (χ4n) is 5.27. The molecule has 0 aliphatic carbocycles. The molecule has 3 heterocycles. The number of amides is 1. The predicted octanol–water partition coefficient (Wildman–Crippen LogP) is 4.08. The molecule has 1 atom stereocenters. The zero-order chi connectivity index (χ0) is 26.1. The topological polar surface area (TPSA) is 81.5 Å². The molecule has 0 bridgehead atoms. The Balaban J connectivity index is 1.58. The summed E-state index contributed by atoms with van der Waals surface area (Å²) < 4.78 is 22.9. The van der Waals surface area contributed by atoms with E-state index in [-0.39, 0.29) is 17.1 Å². The molecule has 2 aliphatic rings. The molecule has 1 saturated heterocycles. The number of rotatable bonds is 8. The molecule has 1 fully saturated rings. The number of fused-ring (bicyclic) bond motifs is 2. The maximum Gasteiger partial charge on any atom is 0.290 e. The number of carbonyl (C=O) groups is 1. The van der Waals surface area contributed by atoms with Gasteiger partial charge in [0, 0.05) is 26.2 Å². The van der Waals surface area contributed by atoms with Crippen LogP contribution in [0.25, 0.3) is 11.0 Å². The van der Waals surface area contributed by atoms with E-state index >= 15 is 0 Å². The van der Waals surface area contributed by atoms with Gasteiger partial charge in [-0.05, 0) is 68.1 Å². The highest BCUT2D eigenvalue weighted by molar-refractivity contribution is 5.99. The Labute approximate surface area is 216 Å². The van der Waals surface area contributed by atoms with Gasteiger partial charge in [0.25, 0.3) is 5.91 Å². The molecule has 1 aromatic heterocycles. The van der Waals surface area contributed by atoms with Crippen LogP contribution < -0.4 is 14.9 Å². The quantitative estimate of drug-likeness (QED) is 0.455. The number of morpholine rings is 1. The van der Waals surface area contributed by atoms with Gasteiger partial charge in [-0.2, -0.15) is 0 Å². The van der Waals surface area contributed by atoms with Crippen LogP contribution in [0.3, 0.4) is 0 Å². The van der Waals surface area contributed by atoms with Crippen LogP contribution in [0.15, 0.2) is 39.5 Å². The van der Waals surface area contributed by atoms with E-state index in [0.29, 0.717) is 41.2 Å². The summed E-state index contributed by atoms with van der Waals surface area (Å²) in [5.41, 5.74) is 3.47. The van der Waals surface area contributed by atoms with Crippen molar-refractivity contribution in [2.75, 3.05) is 53.1 Å². The maximum atomic E-state index is 13.9. The first-order chi connectivity index (χ1) is 17.9. The molecular weight excluding hydrogens is 472 g/mol. The second-order valence-electron chi connectivity index (χ2n) is 9.66. The standard InChI is InChI=1S/C29H34N2O6/c1-5-36-22-8-7-20(17-24(22)34-4)26-25-27(32)21-15-18(2)19(3)16-23(21)37-28(25)29(33)31(26)10-6-9-30-11-13-35-14-12-30/h7-8,15-17,26H,5-6,9-14H2,1-4H3. The number of hydrogen-bond donors (Lipinski definition) is 0. The number of benzene rings is 2. The number of methoxy groups -OCH3 is 1. The summed E-state index contributed by atoms with van der Waals surface area (Å²) in [6.45, 7) is 10.9. The van der Waals surface area contributed by atoms with E-state index in [1.165, 1.54) is 0 Å². The second-order valence-corrected chi connectivity index (χ2v) is 9.66. The highest BCUT2D eigenvalue weighted by Gasteiger charge is 2.42. The Bertz CT molecular complexity index is 1380. The zero-order valence-corrected chi connectivity index (χ0v) is 22.0. The number of ether oxygens (including phenoxy) is 3. The molecule has 0 N–H and O–H groups in total. The Hall–Kier alpha value is -3.36. The molecule has 8 nitrogen and oxygen atoms in total. The van der Waals surface area contributed by atoms with Gasteiger partial charge in [-0.1, -0.05) is 6.07 Å². The molecule has 2 aromatic carbocycles. The minimum atomic E-state index is -0.570. The molecule has 0 spiro atoms. The lowest BCUT2D eigenvalue weighted by atomic mass is 9.97. The molecule has 3 aromatic rings. The first-order valence-electron chi connectivity index (χ1n) is 12.9. The van der Waals surface area contributed by atoms with Gasteiger partial charge in [-0.25, -0.2) is 0 Å². The molecular formula is C29H34N2O6. The van der Waals surface area contributed by atoms with Gasteiger partial charge >= 0.3 is 0 Å². The van der Waals surface area contributed by atoms with E-state index in [1.807, 2.05) is 51.1 Å². The molecule has 1 unspecified atom stereocenters. The fraction of sp³-hybridized carbons (Fsp3) is 0.448. The van der Waals surface area contributed by atoms with Crippen molar-refractivity contribution in [3.05, 3.63) is 68.6 Å². The Morgan fingerprint density at radius 1 is 1.00 bits per heavy atom. The van der Waals surface area contributed by atoms with Gasteiger partial charge in [-0.15, -0.1) is 0 Å². The molecule has 196 valence electrons. The van der Waals surface area contributed by atoms with Gasteiger partial charge in [0.15, 0.2) is 16.9 Å². The first kappa shape index (κ1) is 25.3. The van der Waals surface area contributed by atoms with Crippen LogP contribution in [-0.2, 0) is 4.74 Å². The average Bonchev–Trinajstić information content (AvgIpc) is 3.18. The normalized spacial score (nSPS) is 17.9. The molecule has 0 radical (unpaired) electrons. The largest absolute Gasteiger partial charge is 0.493 e. The van der Waals surface area contributed by atoms with Crippen LogP contribution in [0.4, 0.5) is 0 Å². The smallest absolute Gasteiger partial charge is 0.290 e. The summed E-state index contributed by atoms with van der Waals surface area (Å²) in [4.78, 5) is 31.7. The molecule has 8 heteroatoms. The Morgan fingerprint density at radius 2 is 1.76 bits per heavy atom. The van der Waals surface area contributed by atoms with Crippen LogP contribution in [0.2, 0.25) is 0 Å². The summed E-state index contributed by atoms with van der Waals surface area (Å²) >= 11 is 0. The summed E-state index contributed by atoms with van der Waals surface area (Å²) in [7, 11) is 1.59. The second kappa shape index (κ2) is 10.6. The van der Waals surface area contributed by atoms with Crippen LogP contribution in [-0.4, -0.2) is 68.8 Å². The lowest BCUT2D eigenvalue weighted by Crippen LogP contribution is -2.38. The summed E-state index contributed by atoms with van der Waals surface area (Å²) in [5, 5.41) is 0.493. The van der Waals surface area contributed by atoms with Gasteiger partial charge in [0.05, 0.1) is 43.9 Å². The number of aryl methyl sites for hydroxylation is 2. The highest BCUT2D eigenvalue weighted by Crippen LogP contribution is 2.41. The van der Waals surface area contributed by atoms with Gasteiger partial charge in [0.1, 0.15) is 5.58 Å². The van der Waals surface area contributed by atoms with Crippen molar-refractivity contribution >= 4 is 16.9 Å².